The molecule has 0 amide bonds. The average Bonchev–Trinajstić information content (AvgIpc) is 2.45. The summed E-state index contributed by atoms with van der Waals surface area (Å²) in [5.74, 6) is -0.873. The van der Waals surface area contributed by atoms with Gasteiger partial charge in [0.25, 0.3) is 0 Å². The molecule has 0 aliphatic rings. The summed E-state index contributed by atoms with van der Waals surface area (Å²) in [5, 5.41) is 8.60. The van der Waals surface area contributed by atoms with Crippen LogP contribution in [-0.2, 0) is 26.0 Å². The summed E-state index contributed by atoms with van der Waals surface area (Å²) in [6, 6.07) is 6.25. The first-order valence-corrected chi connectivity index (χ1v) is 8.32. The van der Waals surface area contributed by atoms with E-state index in [1.54, 1.807) is 12.1 Å². The quantitative estimate of drug-likeness (QED) is 0.637. The largest absolute Gasteiger partial charge is 0.481 e. The molecule has 7 heteroatoms. The van der Waals surface area contributed by atoms with Crippen LogP contribution in [0.3, 0.4) is 0 Å². The topological polar surface area (TPSA) is 92.7 Å². The van der Waals surface area contributed by atoms with E-state index in [4.69, 9.17) is 9.84 Å². The molecule has 1 aromatic rings. The van der Waals surface area contributed by atoms with Crippen molar-refractivity contribution < 1.29 is 23.1 Å². The Morgan fingerprint density at radius 3 is 2.52 bits per heavy atom. The Morgan fingerprint density at radius 1 is 1.29 bits per heavy atom. The zero-order valence-electron chi connectivity index (χ0n) is 12.0. The van der Waals surface area contributed by atoms with Crippen molar-refractivity contribution in [2.75, 3.05) is 19.8 Å². The second-order valence-corrected chi connectivity index (χ2v) is 6.25. The van der Waals surface area contributed by atoms with Crippen molar-refractivity contribution in [2.45, 2.75) is 31.1 Å². The molecule has 1 aromatic carbocycles. The zero-order valence-corrected chi connectivity index (χ0v) is 12.9. The number of sulfonamides is 1. The average molecular weight is 315 g/mol. The minimum atomic E-state index is -3.52. The molecule has 0 saturated heterocycles. The maximum absolute atomic E-state index is 12.0. The van der Waals surface area contributed by atoms with E-state index in [9.17, 15) is 13.2 Å². The van der Waals surface area contributed by atoms with Crippen molar-refractivity contribution in [2.24, 2.45) is 0 Å². The molecule has 0 bridgehead atoms. The number of aryl methyl sites for hydroxylation is 1. The lowest BCUT2D eigenvalue weighted by molar-refractivity contribution is -0.136. The normalized spacial score (nSPS) is 11.5. The molecule has 0 saturated carbocycles. The molecule has 1 rings (SSSR count). The van der Waals surface area contributed by atoms with Crippen LogP contribution in [-0.4, -0.2) is 39.3 Å². The van der Waals surface area contributed by atoms with E-state index in [-0.39, 0.29) is 11.3 Å². The van der Waals surface area contributed by atoms with E-state index in [0.717, 1.165) is 5.56 Å². The van der Waals surface area contributed by atoms with Crippen LogP contribution in [0.5, 0.6) is 0 Å². The van der Waals surface area contributed by atoms with E-state index in [2.05, 4.69) is 4.72 Å². The Morgan fingerprint density at radius 2 is 1.95 bits per heavy atom. The highest BCUT2D eigenvalue weighted by molar-refractivity contribution is 7.89. The summed E-state index contributed by atoms with van der Waals surface area (Å²) < 4.78 is 31.6. The third kappa shape index (κ3) is 6.70. The highest BCUT2D eigenvalue weighted by Gasteiger charge is 2.13. The van der Waals surface area contributed by atoms with Crippen molar-refractivity contribution in [3.05, 3.63) is 29.8 Å². The molecular weight excluding hydrogens is 294 g/mol. The molecule has 0 radical (unpaired) electrons. The molecule has 118 valence electrons. The van der Waals surface area contributed by atoms with Gasteiger partial charge in [-0.15, -0.1) is 0 Å². The molecule has 0 unspecified atom stereocenters. The molecule has 2 N–H and O–H groups in total. The number of hydrogen-bond donors (Lipinski definition) is 2. The molecule has 0 aromatic heterocycles. The minimum Gasteiger partial charge on any atom is -0.481 e. The van der Waals surface area contributed by atoms with Gasteiger partial charge in [-0.2, -0.15) is 0 Å². The molecule has 0 spiro atoms. The van der Waals surface area contributed by atoms with E-state index < -0.39 is 16.0 Å². The molecule has 0 atom stereocenters. The summed E-state index contributed by atoms with van der Waals surface area (Å²) in [5.41, 5.74) is 0.799. The molecule has 0 aliphatic heterocycles. The van der Waals surface area contributed by atoms with Crippen LogP contribution in [0.25, 0.3) is 0 Å². The van der Waals surface area contributed by atoms with E-state index >= 15 is 0 Å². The Balaban J connectivity index is 2.52. The lowest BCUT2D eigenvalue weighted by atomic mass is 10.1. The number of carboxylic acids is 1. The lowest BCUT2D eigenvalue weighted by Crippen LogP contribution is -2.25. The van der Waals surface area contributed by atoms with Gasteiger partial charge in [0.15, 0.2) is 0 Å². The monoisotopic (exact) mass is 315 g/mol. The number of ether oxygens (including phenoxy) is 1. The Labute approximate surface area is 125 Å². The molecular formula is C14H21NO5S. The molecule has 0 heterocycles. The van der Waals surface area contributed by atoms with Gasteiger partial charge in [0.2, 0.25) is 10.0 Å². The van der Waals surface area contributed by atoms with Crippen LogP contribution >= 0.6 is 0 Å². The SMILES string of the molecule is CCOCCCNS(=O)(=O)c1ccc(CCC(=O)O)cc1. The molecule has 21 heavy (non-hydrogen) atoms. The highest BCUT2D eigenvalue weighted by Crippen LogP contribution is 2.11. The van der Waals surface area contributed by atoms with Gasteiger partial charge in [-0.3, -0.25) is 4.79 Å². The van der Waals surface area contributed by atoms with Crippen LogP contribution in [0.1, 0.15) is 25.3 Å². The van der Waals surface area contributed by atoms with Crippen LogP contribution in [0.4, 0.5) is 0 Å². The second-order valence-electron chi connectivity index (χ2n) is 4.49. The zero-order chi connectivity index (χ0) is 15.7. The Bertz CT molecular complexity index is 539. The van der Waals surface area contributed by atoms with E-state index in [1.807, 2.05) is 6.92 Å². The maximum atomic E-state index is 12.0. The smallest absolute Gasteiger partial charge is 0.303 e. The predicted octanol–water partition coefficient (Wildman–Crippen LogP) is 1.41. The molecule has 0 fully saturated rings. The fraction of sp³-hybridized carbons (Fsp3) is 0.500. The van der Waals surface area contributed by atoms with Gasteiger partial charge in [-0.05, 0) is 37.5 Å². The maximum Gasteiger partial charge on any atom is 0.303 e. The van der Waals surface area contributed by atoms with Crippen molar-refractivity contribution >= 4 is 16.0 Å². The first kappa shape index (κ1) is 17.6. The Hall–Kier alpha value is -1.44. The summed E-state index contributed by atoms with van der Waals surface area (Å²) in [6.07, 6.45) is 1.03. The van der Waals surface area contributed by atoms with Crippen molar-refractivity contribution in [1.82, 2.24) is 4.72 Å². The fourth-order valence-electron chi connectivity index (χ4n) is 1.69. The summed E-state index contributed by atoms with van der Waals surface area (Å²) in [7, 11) is -3.52. The number of hydrogen-bond acceptors (Lipinski definition) is 4. The van der Waals surface area contributed by atoms with Gasteiger partial charge in [0, 0.05) is 26.2 Å². The first-order valence-electron chi connectivity index (χ1n) is 6.84. The number of aliphatic carboxylic acids is 1. The van der Waals surface area contributed by atoms with Crippen molar-refractivity contribution in [1.29, 1.82) is 0 Å². The Kier molecular flexibility index (Phi) is 7.35. The first-order chi connectivity index (χ1) is 9.95. The number of carbonyl (C=O) groups is 1. The van der Waals surface area contributed by atoms with Crippen molar-refractivity contribution in [3.8, 4) is 0 Å². The number of benzene rings is 1. The van der Waals surface area contributed by atoms with Crippen LogP contribution in [0.15, 0.2) is 29.2 Å². The number of nitrogens with one attached hydrogen (secondary N) is 1. The second kappa shape index (κ2) is 8.76. The van der Waals surface area contributed by atoms with E-state index in [0.29, 0.717) is 32.6 Å². The molecule has 0 aliphatic carbocycles. The molecule has 6 nitrogen and oxygen atoms in total. The van der Waals surface area contributed by atoms with Gasteiger partial charge in [0.1, 0.15) is 0 Å². The van der Waals surface area contributed by atoms with Crippen molar-refractivity contribution in [3.63, 3.8) is 0 Å². The summed E-state index contributed by atoms with van der Waals surface area (Å²) >= 11 is 0. The van der Waals surface area contributed by atoms with Gasteiger partial charge < -0.3 is 9.84 Å². The van der Waals surface area contributed by atoms with Crippen LogP contribution < -0.4 is 4.72 Å². The number of carboxylic acid groups (broad SMARTS) is 1. The van der Waals surface area contributed by atoms with Gasteiger partial charge in [-0.1, -0.05) is 12.1 Å². The highest BCUT2D eigenvalue weighted by atomic mass is 32.2. The van der Waals surface area contributed by atoms with Gasteiger partial charge >= 0.3 is 5.97 Å². The van der Waals surface area contributed by atoms with Crippen LogP contribution in [0, 0.1) is 0 Å². The van der Waals surface area contributed by atoms with Crippen LogP contribution in [0.2, 0.25) is 0 Å². The summed E-state index contributed by atoms with van der Waals surface area (Å²) in [4.78, 5) is 10.7. The van der Waals surface area contributed by atoms with E-state index in [1.165, 1.54) is 12.1 Å². The standard InChI is InChI=1S/C14H21NO5S/c1-2-20-11-3-10-15-21(18,19)13-7-4-12(5-8-13)6-9-14(16)17/h4-5,7-8,15H,2-3,6,9-11H2,1H3,(H,16,17). The minimum absolute atomic E-state index is 0.0295. The third-order valence-corrected chi connectivity index (χ3v) is 4.30. The lowest BCUT2D eigenvalue weighted by Gasteiger charge is -2.07. The third-order valence-electron chi connectivity index (χ3n) is 2.82. The number of rotatable bonds is 10. The van der Waals surface area contributed by atoms with Gasteiger partial charge in [0.05, 0.1) is 4.90 Å². The summed E-state index contributed by atoms with van der Waals surface area (Å²) in [6.45, 7) is 3.34. The van der Waals surface area contributed by atoms with Gasteiger partial charge in [-0.25, -0.2) is 13.1 Å². The fourth-order valence-corrected chi connectivity index (χ4v) is 2.77. The predicted molar refractivity (Wildman–Crippen MR) is 78.7 cm³/mol.